The van der Waals surface area contributed by atoms with Crippen LogP contribution in [0.4, 0.5) is 26.3 Å². The zero-order chi connectivity index (χ0) is 22.3. The molecule has 1 saturated heterocycles. The Morgan fingerprint density at radius 1 is 0.871 bits per heavy atom. The third-order valence-electron chi connectivity index (χ3n) is 5.46. The monoisotopic (exact) mass is 446 g/mol. The molecule has 31 heavy (non-hydrogen) atoms. The Morgan fingerprint density at radius 2 is 1.42 bits per heavy atom. The molecule has 9 heteroatoms. The van der Waals surface area contributed by atoms with E-state index >= 15 is 0 Å². The van der Waals surface area contributed by atoms with Gasteiger partial charge in [0.1, 0.15) is 34.6 Å². The van der Waals surface area contributed by atoms with Crippen LogP contribution in [0.3, 0.4) is 0 Å². The average molecular weight is 446 g/mol. The number of alkyl halides is 2. The van der Waals surface area contributed by atoms with Gasteiger partial charge in [0.05, 0.1) is 13.2 Å². The van der Waals surface area contributed by atoms with E-state index in [1.54, 1.807) is 0 Å². The molecule has 1 heterocycles. The molecule has 1 saturated carbocycles. The molecule has 1 aliphatic heterocycles. The molecule has 0 spiro atoms. The standard InChI is InChI=1S/C22H20F6O3/c1-11-16(23)7-15(8-17(11)24)31-22(27,28)20-18(25)5-14(6-19(20)26)21-29-9-13(10-30-21)4-12-2-3-12/h5-8,12-13,21H,2-4,9-10H2,1H3. The summed E-state index contributed by atoms with van der Waals surface area (Å²) in [6.45, 7) is 1.79. The highest BCUT2D eigenvalue weighted by Crippen LogP contribution is 2.40. The minimum absolute atomic E-state index is 0.0909. The van der Waals surface area contributed by atoms with Gasteiger partial charge >= 0.3 is 6.11 Å². The minimum atomic E-state index is -4.52. The molecular formula is C22H20F6O3. The maximum atomic E-state index is 14.5. The highest BCUT2D eigenvalue weighted by molar-refractivity contribution is 5.33. The number of benzene rings is 2. The summed E-state index contributed by atoms with van der Waals surface area (Å²) in [7, 11) is 0. The lowest BCUT2D eigenvalue weighted by Gasteiger charge is -2.30. The van der Waals surface area contributed by atoms with Gasteiger partial charge in [-0.05, 0) is 31.4 Å². The van der Waals surface area contributed by atoms with Crippen molar-refractivity contribution in [1.82, 2.24) is 0 Å². The van der Waals surface area contributed by atoms with Crippen molar-refractivity contribution in [3.8, 4) is 5.75 Å². The molecule has 0 radical (unpaired) electrons. The van der Waals surface area contributed by atoms with Gasteiger partial charge in [-0.25, -0.2) is 17.6 Å². The molecule has 1 aliphatic carbocycles. The van der Waals surface area contributed by atoms with E-state index in [4.69, 9.17) is 9.47 Å². The zero-order valence-electron chi connectivity index (χ0n) is 16.6. The minimum Gasteiger partial charge on any atom is -0.429 e. The number of hydrogen-bond acceptors (Lipinski definition) is 3. The number of halogens is 6. The van der Waals surface area contributed by atoms with Gasteiger partial charge in [-0.2, -0.15) is 8.78 Å². The lowest BCUT2D eigenvalue weighted by atomic mass is 10.0. The second kappa shape index (κ2) is 8.35. The highest BCUT2D eigenvalue weighted by atomic mass is 19.3. The van der Waals surface area contributed by atoms with Crippen LogP contribution in [0.25, 0.3) is 0 Å². The molecule has 4 rings (SSSR count). The van der Waals surface area contributed by atoms with Crippen molar-refractivity contribution in [3.63, 3.8) is 0 Å². The van der Waals surface area contributed by atoms with Crippen LogP contribution in [-0.2, 0) is 15.6 Å². The van der Waals surface area contributed by atoms with Crippen LogP contribution in [0.2, 0.25) is 0 Å². The lowest BCUT2D eigenvalue weighted by molar-refractivity contribution is -0.207. The van der Waals surface area contributed by atoms with E-state index in [-0.39, 0.29) is 11.5 Å². The van der Waals surface area contributed by atoms with Gasteiger partial charge in [-0.3, -0.25) is 0 Å². The maximum absolute atomic E-state index is 14.5. The van der Waals surface area contributed by atoms with Gasteiger partial charge in [0, 0.05) is 29.2 Å². The molecule has 0 aromatic heterocycles. The topological polar surface area (TPSA) is 27.7 Å². The SMILES string of the molecule is Cc1c(F)cc(OC(F)(F)c2c(F)cc(C3OCC(CC4CC4)CO3)cc2F)cc1F. The smallest absolute Gasteiger partial charge is 0.429 e. The molecule has 3 nitrogen and oxygen atoms in total. The lowest BCUT2D eigenvalue weighted by Crippen LogP contribution is -2.29. The number of ether oxygens (including phenoxy) is 3. The van der Waals surface area contributed by atoms with E-state index in [9.17, 15) is 26.3 Å². The van der Waals surface area contributed by atoms with E-state index in [2.05, 4.69) is 4.74 Å². The summed E-state index contributed by atoms with van der Waals surface area (Å²) in [4.78, 5) is 0. The summed E-state index contributed by atoms with van der Waals surface area (Å²) >= 11 is 0. The molecular weight excluding hydrogens is 426 g/mol. The van der Waals surface area contributed by atoms with Crippen LogP contribution in [0.5, 0.6) is 5.75 Å². The first-order chi connectivity index (χ1) is 14.6. The fourth-order valence-electron chi connectivity index (χ4n) is 3.58. The van der Waals surface area contributed by atoms with Gasteiger partial charge < -0.3 is 14.2 Å². The highest BCUT2D eigenvalue weighted by Gasteiger charge is 2.42. The second-order valence-electron chi connectivity index (χ2n) is 8.03. The first-order valence-corrected chi connectivity index (χ1v) is 9.89. The van der Waals surface area contributed by atoms with Crippen LogP contribution in [-0.4, -0.2) is 13.2 Å². The maximum Gasteiger partial charge on any atom is 0.432 e. The van der Waals surface area contributed by atoms with E-state index in [1.165, 1.54) is 12.8 Å². The second-order valence-corrected chi connectivity index (χ2v) is 8.03. The van der Waals surface area contributed by atoms with Crippen molar-refractivity contribution in [2.75, 3.05) is 13.2 Å². The van der Waals surface area contributed by atoms with E-state index in [0.29, 0.717) is 43.4 Å². The first-order valence-electron chi connectivity index (χ1n) is 9.89. The van der Waals surface area contributed by atoms with Gasteiger partial charge in [0.15, 0.2) is 6.29 Å². The Morgan fingerprint density at radius 3 is 1.94 bits per heavy atom. The van der Waals surface area contributed by atoms with Crippen LogP contribution in [0.15, 0.2) is 24.3 Å². The average Bonchev–Trinajstić information content (AvgIpc) is 3.49. The number of hydrogen-bond donors (Lipinski definition) is 0. The van der Waals surface area contributed by atoms with Crippen LogP contribution >= 0.6 is 0 Å². The molecule has 0 N–H and O–H groups in total. The third kappa shape index (κ3) is 4.82. The summed E-state index contributed by atoms with van der Waals surface area (Å²) in [5, 5.41) is 0. The van der Waals surface area contributed by atoms with Crippen molar-refractivity contribution in [2.45, 2.75) is 38.6 Å². The van der Waals surface area contributed by atoms with E-state index < -0.39 is 52.5 Å². The number of rotatable bonds is 6. The molecule has 2 aromatic rings. The zero-order valence-corrected chi connectivity index (χ0v) is 16.6. The van der Waals surface area contributed by atoms with Gasteiger partial charge in [-0.15, -0.1) is 0 Å². The molecule has 2 aliphatic rings. The van der Waals surface area contributed by atoms with Gasteiger partial charge in [-0.1, -0.05) is 12.8 Å². The molecule has 168 valence electrons. The molecule has 0 bridgehead atoms. The third-order valence-corrected chi connectivity index (χ3v) is 5.46. The van der Waals surface area contributed by atoms with E-state index in [1.807, 2.05) is 0 Å². The summed E-state index contributed by atoms with van der Waals surface area (Å²) in [6.07, 6.45) is -2.29. The van der Waals surface area contributed by atoms with Crippen molar-refractivity contribution < 1.29 is 40.6 Å². The quantitative estimate of drug-likeness (QED) is 0.499. The van der Waals surface area contributed by atoms with Crippen LogP contribution < -0.4 is 4.74 Å². The van der Waals surface area contributed by atoms with Gasteiger partial charge in [0.25, 0.3) is 0 Å². The van der Waals surface area contributed by atoms with Gasteiger partial charge in [0.2, 0.25) is 0 Å². The Kier molecular flexibility index (Phi) is 5.91. The van der Waals surface area contributed by atoms with Crippen molar-refractivity contribution in [2.24, 2.45) is 11.8 Å². The van der Waals surface area contributed by atoms with Crippen LogP contribution in [0, 0.1) is 42.0 Å². The fourth-order valence-corrected chi connectivity index (χ4v) is 3.58. The van der Waals surface area contributed by atoms with E-state index in [0.717, 1.165) is 13.3 Å². The largest absolute Gasteiger partial charge is 0.432 e. The first kappa shape index (κ1) is 22.0. The van der Waals surface area contributed by atoms with Crippen molar-refractivity contribution in [3.05, 3.63) is 64.2 Å². The molecule has 0 unspecified atom stereocenters. The van der Waals surface area contributed by atoms with Crippen molar-refractivity contribution >= 4 is 0 Å². The Hall–Kier alpha value is -2.26. The molecule has 0 atom stereocenters. The molecule has 2 aromatic carbocycles. The summed E-state index contributed by atoms with van der Waals surface area (Å²) in [6, 6.07) is 2.38. The van der Waals surface area contributed by atoms with Crippen molar-refractivity contribution in [1.29, 1.82) is 0 Å². The Bertz CT molecular complexity index is 922. The normalized spacial score (nSPS) is 21.9. The predicted molar refractivity (Wildman–Crippen MR) is 97.5 cm³/mol. The molecule has 2 fully saturated rings. The summed E-state index contributed by atoms with van der Waals surface area (Å²) in [5.74, 6) is -5.51. The fraction of sp³-hybridized carbons (Fsp3) is 0.455. The Balaban J connectivity index is 1.51. The molecule has 0 amide bonds. The summed E-state index contributed by atoms with van der Waals surface area (Å²) < 4.78 is 100. The Labute approximate surface area is 174 Å². The van der Waals surface area contributed by atoms with Crippen LogP contribution in [0.1, 0.15) is 42.2 Å². The predicted octanol–water partition coefficient (Wildman–Crippen LogP) is 6.14. The summed E-state index contributed by atoms with van der Waals surface area (Å²) in [5.41, 5.74) is -2.17.